The average molecular weight is 280 g/mol. The Morgan fingerprint density at radius 3 is 2.32 bits per heavy atom. The lowest BCUT2D eigenvalue weighted by molar-refractivity contribution is 0.0601. The first kappa shape index (κ1) is 14.7. The molecule has 0 amide bonds. The standard InChI is InChI=1S/C12H12N2O4S/c1-16-9-4-7(12(15)18-3)8(5-10(9)17-2)14-11(19)6-13/h4-5H,1-3H3,(H,14,19). The van der Waals surface area contributed by atoms with Gasteiger partial charge in [-0.05, 0) is 12.2 Å². The van der Waals surface area contributed by atoms with Crippen LogP contribution in [0.5, 0.6) is 11.5 Å². The van der Waals surface area contributed by atoms with Gasteiger partial charge in [0.2, 0.25) is 0 Å². The largest absolute Gasteiger partial charge is 0.493 e. The molecule has 0 aliphatic rings. The van der Waals surface area contributed by atoms with Crippen molar-refractivity contribution in [1.82, 2.24) is 0 Å². The van der Waals surface area contributed by atoms with E-state index < -0.39 is 5.97 Å². The molecule has 1 aromatic carbocycles. The Balaban J connectivity index is 3.36. The minimum Gasteiger partial charge on any atom is -0.493 e. The van der Waals surface area contributed by atoms with Crippen molar-refractivity contribution in [3.05, 3.63) is 17.7 Å². The van der Waals surface area contributed by atoms with Gasteiger partial charge in [-0.15, -0.1) is 0 Å². The summed E-state index contributed by atoms with van der Waals surface area (Å²) in [6.07, 6.45) is 0. The van der Waals surface area contributed by atoms with Crippen LogP contribution in [-0.4, -0.2) is 32.3 Å². The number of nitriles is 1. The van der Waals surface area contributed by atoms with Crippen LogP contribution in [0.4, 0.5) is 5.69 Å². The zero-order valence-corrected chi connectivity index (χ0v) is 11.5. The number of carbonyl (C=O) groups excluding carboxylic acids is 1. The number of anilines is 1. The van der Waals surface area contributed by atoms with Crippen molar-refractivity contribution in [3.8, 4) is 17.6 Å². The normalized spacial score (nSPS) is 9.16. The van der Waals surface area contributed by atoms with Crippen LogP contribution in [0, 0.1) is 11.3 Å². The number of benzene rings is 1. The highest BCUT2D eigenvalue weighted by molar-refractivity contribution is 7.81. The highest BCUT2D eigenvalue weighted by Crippen LogP contribution is 2.33. The number of nitrogens with zero attached hydrogens (tertiary/aromatic N) is 1. The summed E-state index contributed by atoms with van der Waals surface area (Å²) < 4.78 is 14.9. The molecule has 7 heteroatoms. The van der Waals surface area contributed by atoms with E-state index in [1.165, 1.54) is 33.5 Å². The van der Waals surface area contributed by atoms with Crippen LogP contribution in [0.1, 0.15) is 10.4 Å². The number of esters is 1. The molecule has 6 nitrogen and oxygen atoms in total. The van der Waals surface area contributed by atoms with Gasteiger partial charge in [0.25, 0.3) is 0 Å². The summed E-state index contributed by atoms with van der Waals surface area (Å²) in [5.74, 6) is 0.193. The predicted molar refractivity (Wildman–Crippen MR) is 72.7 cm³/mol. The topological polar surface area (TPSA) is 80.6 Å². The Morgan fingerprint density at radius 1 is 1.26 bits per heavy atom. The fourth-order valence-electron chi connectivity index (χ4n) is 1.41. The van der Waals surface area contributed by atoms with Crippen molar-refractivity contribution in [2.75, 3.05) is 26.6 Å². The van der Waals surface area contributed by atoms with Gasteiger partial charge in [0.05, 0.1) is 32.6 Å². The molecule has 0 bridgehead atoms. The molecule has 1 rings (SSSR count). The monoisotopic (exact) mass is 280 g/mol. The van der Waals surface area contributed by atoms with Crippen LogP contribution in [-0.2, 0) is 4.74 Å². The van der Waals surface area contributed by atoms with Crippen LogP contribution in [0.25, 0.3) is 0 Å². The summed E-state index contributed by atoms with van der Waals surface area (Å²) in [4.78, 5) is 11.6. The molecule has 0 unspecified atom stereocenters. The van der Waals surface area contributed by atoms with Crippen molar-refractivity contribution in [1.29, 1.82) is 5.26 Å². The summed E-state index contributed by atoms with van der Waals surface area (Å²) in [5.41, 5.74) is 0.508. The van der Waals surface area contributed by atoms with E-state index >= 15 is 0 Å². The van der Waals surface area contributed by atoms with Gasteiger partial charge in [0, 0.05) is 12.1 Å². The second-order valence-electron chi connectivity index (χ2n) is 3.31. The third-order valence-electron chi connectivity index (χ3n) is 2.28. The summed E-state index contributed by atoms with van der Waals surface area (Å²) in [7, 11) is 4.17. The smallest absolute Gasteiger partial charge is 0.340 e. The summed E-state index contributed by atoms with van der Waals surface area (Å²) in [6, 6.07) is 4.72. The number of carbonyl (C=O) groups is 1. The zero-order chi connectivity index (χ0) is 14.4. The molecule has 0 fully saturated rings. The second-order valence-corrected chi connectivity index (χ2v) is 3.72. The molecule has 0 atom stereocenters. The van der Waals surface area contributed by atoms with Crippen molar-refractivity contribution in [2.45, 2.75) is 0 Å². The van der Waals surface area contributed by atoms with Gasteiger partial charge in [0.1, 0.15) is 6.07 Å². The zero-order valence-electron chi connectivity index (χ0n) is 10.6. The lowest BCUT2D eigenvalue weighted by Crippen LogP contribution is -2.12. The first-order valence-electron chi connectivity index (χ1n) is 5.12. The van der Waals surface area contributed by atoms with Gasteiger partial charge < -0.3 is 19.5 Å². The van der Waals surface area contributed by atoms with Gasteiger partial charge in [-0.2, -0.15) is 5.26 Å². The molecular weight excluding hydrogens is 268 g/mol. The number of nitrogens with one attached hydrogen (secondary N) is 1. The maximum Gasteiger partial charge on any atom is 0.340 e. The van der Waals surface area contributed by atoms with Gasteiger partial charge >= 0.3 is 5.97 Å². The van der Waals surface area contributed by atoms with Crippen LogP contribution in [0.2, 0.25) is 0 Å². The molecule has 1 aromatic rings. The summed E-state index contributed by atoms with van der Waals surface area (Å²) >= 11 is 4.76. The highest BCUT2D eigenvalue weighted by atomic mass is 32.1. The van der Waals surface area contributed by atoms with E-state index in [2.05, 4.69) is 10.1 Å². The van der Waals surface area contributed by atoms with E-state index in [1.54, 1.807) is 6.07 Å². The first-order chi connectivity index (χ1) is 9.07. The minimum atomic E-state index is -0.579. The summed E-state index contributed by atoms with van der Waals surface area (Å²) in [6.45, 7) is 0. The lowest BCUT2D eigenvalue weighted by atomic mass is 10.1. The van der Waals surface area contributed by atoms with Crippen molar-refractivity contribution in [2.24, 2.45) is 0 Å². The maximum absolute atomic E-state index is 11.7. The SMILES string of the molecule is COC(=O)c1cc(OC)c(OC)cc1NC(=S)C#N. The molecule has 0 saturated heterocycles. The molecule has 19 heavy (non-hydrogen) atoms. The number of ether oxygens (including phenoxy) is 3. The van der Waals surface area contributed by atoms with Gasteiger partial charge in [-0.25, -0.2) is 4.79 Å². The first-order valence-corrected chi connectivity index (χ1v) is 5.53. The molecule has 1 N–H and O–H groups in total. The third kappa shape index (κ3) is 3.33. The Hall–Kier alpha value is -2.33. The Morgan fingerprint density at radius 2 is 1.84 bits per heavy atom. The molecular formula is C12H12N2O4S. The maximum atomic E-state index is 11.7. The highest BCUT2D eigenvalue weighted by Gasteiger charge is 2.18. The van der Waals surface area contributed by atoms with Crippen LogP contribution >= 0.6 is 12.2 Å². The molecule has 0 aromatic heterocycles. The quantitative estimate of drug-likeness (QED) is 0.664. The number of hydrogen-bond acceptors (Lipinski definition) is 6. The Kier molecular flexibility index (Phi) is 5.09. The molecule has 0 spiro atoms. The predicted octanol–water partition coefficient (Wildman–Crippen LogP) is 1.75. The second kappa shape index (κ2) is 6.56. The van der Waals surface area contributed by atoms with E-state index in [9.17, 15) is 4.79 Å². The average Bonchev–Trinajstić information content (AvgIpc) is 2.45. The van der Waals surface area contributed by atoms with Gasteiger partial charge in [-0.3, -0.25) is 0 Å². The molecule has 0 saturated carbocycles. The van der Waals surface area contributed by atoms with E-state index in [4.69, 9.17) is 27.0 Å². The fourth-order valence-corrected chi connectivity index (χ4v) is 1.52. The Labute approximate surface area is 115 Å². The molecule has 0 radical (unpaired) electrons. The lowest BCUT2D eigenvalue weighted by Gasteiger charge is -2.13. The fraction of sp³-hybridized carbons (Fsp3) is 0.250. The number of thiocarbonyl (C=S) groups is 1. The van der Waals surface area contributed by atoms with E-state index in [1.807, 2.05) is 0 Å². The van der Waals surface area contributed by atoms with Crippen molar-refractivity contribution in [3.63, 3.8) is 0 Å². The van der Waals surface area contributed by atoms with Crippen LogP contribution in [0.3, 0.4) is 0 Å². The van der Waals surface area contributed by atoms with Crippen molar-refractivity contribution < 1.29 is 19.0 Å². The molecule has 0 aliphatic carbocycles. The van der Waals surface area contributed by atoms with Crippen molar-refractivity contribution >= 4 is 28.9 Å². The molecule has 0 aliphatic heterocycles. The third-order valence-corrected chi connectivity index (χ3v) is 2.47. The summed E-state index contributed by atoms with van der Waals surface area (Å²) in [5, 5.41) is 11.3. The van der Waals surface area contributed by atoms with E-state index in [0.717, 1.165) is 0 Å². The van der Waals surface area contributed by atoms with Gasteiger partial charge in [0.15, 0.2) is 16.5 Å². The molecule has 0 heterocycles. The number of rotatable bonds is 4. The number of hydrogen-bond donors (Lipinski definition) is 1. The van der Waals surface area contributed by atoms with Crippen LogP contribution < -0.4 is 14.8 Å². The van der Waals surface area contributed by atoms with Gasteiger partial charge in [-0.1, -0.05) is 0 Å². The molecule has 100 valence electrons. The van der Waals surface area contributed by atoms with E-state index in [-0.39, 0.29) is 10.6 Å². The van der Waals surface area contributed by atoms with Crippen LogP contribution in [0.15, 0.2) is 12.1 Å². The minimum absolute atomic E-state index is 0.0719. The van der Waals surface area contributed by atoms with E-state index in [0.29, 0.717) is 17.2 Å². The number of methoxy groups -OCH3 is 3. The Bertz CT molecular complexity index is 551.